The van der Waals surface area contributed by atoms with Crippen molar-refractivity contribution in [1.82, 2.24) is 0 Å². The molecule has 1 amide bonds. The topological polar surface area (TPSA) is 46.3 Å². The number of fused-ring (bicyclic) bond motifs is 1. The lowest BCUT2D eigenvalue weighted by Gasteiger charge is -2.30. The van der Waals surface area contributed by atoms with Crippen LogP contribution in [0.2, 0.25) is 0 Å². The van der Waals surface area contributed by atoms with Crippen LogP contribution in [0.4, 0.5) is 5.69 Å². The van der Waals surface area contributed by atoms with Crippen LogP contribution in [0.3, 0.4) is 0 Å². The number of amides is 1. The van der Waals surface area contributed by atoms with E-state index >= 15 is 0 Å². The summed E-state index contributed by atoms with van der Waals surface area (Å²) in [6.07, 6.45) is 6.63. The largest absolute Gasteiger partial charge is 0.324 e. The fourth-order valence-electron chi connectivity index (χ4n) is 3.13. The van der Waals surface area contributed by atoms with Gasteiger partial charge >= 0.3 is 0 Å². The van der Waals surface area contributed by atoms with Gasteiger partial charge in [-0.1, -0.05) is 31.4 Å². The number of benzene rings is 1. The quantitative estimate of drug-likeness (QED) is 0.906. The molecule has 1 heterocycles. The molecule has 1 atom stereocenters. The Morgan fingerprint density at radius 2 is 2.16 bits per heavy atom. The van der Waals surface area contributed by atoms with E-state index in [1.54, 1.807) is 4.90 Å². The molecule has 0 spiro atoms. The monoisotopic (exact) mass is 258 g/mol. The van der Waals surface area contributed by atoms with Crippen molar-refractivity contribution < 1.29 is 4.79 Å². The summed E-state index contributed by atoms with van der Waals surface area (Å²) >= 11 is 0. The number of nitrogens with zero attached hydrogens (tertiary/aromatic N) is 1. The van der Waals surface area contributed by atoms with Gasteiger partial charge in [0.15, 0.2) is 0 Å². The van der Waals surface area contributed by atoms with E-state index in [1.165, 1.54) is 30.4 Å². The number of aryl methyl sites for hydroxylation is 1. The molecular weight excluding hydrogens is 236 g/mol. The van der Waals surface area contributed by atoms with Crippen molar-refractivity contribution in [3.05, 3.63) is 29.3 Å². The predicted molar refractivity (Wildman–Crippen MR) is 77.1 cm³/mol. The maximum atomic E-state index is 11.7. The van der Waals surface area contributed by atoms with Crippen molar-refractivity contribution >= 4 is 11.6 Å². The van der Waals surface area contributed by atoms with Crippen LogP contribution in [0.1, 0.15) is 49.3 Å². The van der Waals surface area contributed by atoms with Gasteiger partial charge < -0.3 is 10.6 Å². The fraction of sp³-hybridized carbons (Fsp3) is 0.562. The third-order valence-corrected chi connectivity index (χ3v) is 4.69. The van der Waals surface area contributed by atoms with Gasteiger partial charge in [0.1, 0.15) is 0 Å². The van der Waals surface area contributed by atoms with Crippen LogP contribution in [0, 0.1) is 5.92 Å². The number of hydrogen-bond acceptors (Lipinski definition) is 2. The van der Waals surface area contributed by atoms with E-state index in [0.717, 1.165) is 24.4 Å². The molecule has 1 aromatic rings. The zero-order valence-corrected chi connectivity index (χ0v) is 11.6. The zero-order chi connectivity index (χ0) is 13.4. The molecule has 1 aliphatic carbocycles. The second kappa shape index (κ2) is 4.97. The first-order valence-corrected chi connectivity index (χ1v) is 7.30. The molecule has 3 nitrogen and oxygen atoms in total. The van der Waals surface area contributed by atoms with E-state index in [9.17, 15) is 4.79 Å². The third-order valence-electron chi connectivity index (χ3n) is 4.69. The zero-order valence-electron chi connectivity index (χ0n) is 11.6. The molecule has 1 aliphatic heterocycles. The average molecular weight is 258 g/mol. The van der Waals surface area contributed by atoms with E-state index in [-0.39, 0.29) is 11.9 Å². The maximum Gasteiger partial charge on any atom is 0.227 e. The molecule has 1 aromatic carbocycles. The number of carbonyl (C=O) groups is 1. The second-order valence-corrected chi connectivity index (χ2v) is 5.98. The summed E-state index contributed by atoms with van der Waals surface area (Å²) in [5.74, 6) is 1.04. The molecule has 0 bridgehead atoms. The van der Waals surface area contributed by atoms with Gasteiger partial charge in [-0.3, -0.25) is 4.79 Å². The van der Waals surface area contributed by atoms with Gasteiger partial charge in [0.25, 0.3) is 0 Å². The standard InChI is InChI=1S/C16H22N2O/c1-18-15-7-5-12(10-13(15)6-8-16(18)19)14(17)9-11-3-2-4-11/h5,7,10-11,14H,2-4,6,8-9,17H2,1H3. The predicted octanol–water partition coefficient (Wildman–Crippen LogP) is 2.79. The molecule has 3 heteroatoms. The van der Waals surface area contributed by atoms with Crippen LogP contribution in [0.5, 0.6) is 0 Å². The van der Waals surface area contributed by atoms with Gasteiger partial charge in [-0.05, 0) is 36.0 Å². The van der Waals surface area contributed by atoms with Crippen molar-refractivity contribution in [2.75, 3.05) is 11.9 Å². The minimum Gasteiger partial charge on any atom is -0.324 e. The highest BCUT2D eigenvalue weighted by Crippen LogP contribution is 2.35. The Morgan fingerprint density at radius 3 is 2.84 bits per heavy atom. The van der Waals surface area contributed by atoms with Crippen LogP contribution in [0.25, 0.3) is 0 Å². The summed E-state index contributed by atoms with van der Waals surface area (Å²) in [4.78, 5) is 13.4. The lowest BCUT2D eigenvalue weighted by Crippen LogP contribution is -2.31. The van der Waals surface area contributed by atoms with Crippen molar-refractivity contribution in [2.24, 2.45) is 11.7 Å². The molecule has 102 valence electrons. The van der Waals surface area contributed by atoms with Crippen LogP contribution >= 0.6 is 0 Å². The Bertz CT molecular complexity index is 494. The first-order valence-electron chi connectivity index (χ1n) is 7.30. The summed E-state index contributed by atoms with van der Waals surface area (Å²) in [6.45, 7) is 0. The highest BCUT2D eigenvalue weighted by Gasteiger charge is 2.24. The SMILES string of the molecule is CN1C(=O)CCc2cc(C(N)CC3CCC3)ccc21. The Hall–Kier alpha value is -1.35. The normalized spacial score (nSPS) is 20.9. The molecule has 0 radical (unpaired) electrons. The summed E-state index contributed by atoms with van der Waals surface area (Å²) in [7, 11) is 1.86. The van der Waals surface area contributed by atoms with Crippen LogP contribution in [-0.2, 0) is 11.2 Å². The van der Waals surface area contributed by atoms with E-state index in [1.807, 2.05) is 7.05 Å². The highest BCUT2D eigenvalue weighted by molar-refractivity contribution is 5.95. The fourth-order valence-corrected chi connectivity index (χ4v) is 3.13. The van der Waals surface area contributed by atoms with Crippen molar-refractivity contribution in [1.29, 1.82) is 0 Å². The smallest absolute Gasteiger partial charge is 0.227 e. The molecule has 0 aromatic heterocycles. The summed E-state index contributed by atoms with van der Waals surface area (Å²) in [5.41, 5.74) is 9.87. The first-order chi connectivity index (χ1) is 9.15. The lowest BCUT2D eigenvalue weighted by molar-refractivity contribution is -0.118. The maximum absolute atomic E-state index is 11.7. The Labute approximate surface area is 114 Å². The van der Waals surface area contributed by atoms with Crippen LogP contribution in [0.15, 0.2) is 18.2 Å². The molecule has 1 saturated carbocycles. The molecule has 3 rings (SSSR count). The Kier molecular flexibility index (Phi) is 3.31. The molecule has 2 aliphatic rings. The van der Waals surface area contributed by atoms with Crippen LogP contribution < -0.4 is 10.6 Å². The summed E-state index contributed by atoms with van der Waals surface area (Å²) < 4.78 is 0. The number of anilines is 1. The van der Waals surface area contributed by atoms with Gasteiger partial charge in [-0.25, -0.2) is 0 Å². The molecular formula is C16H22N2O. The number of rotatable bonds is 3. The van der Waals surface area contributed by atoms with Crippen molar-refractivity contribution in [3.8, 4) is 0 Å². The minimum atomic E-state index is 0.151. The number of nitrogens with two attached hydrogens (primary N) is 1. The number of carbonyl (C=O) groups excluding carboxylic acids is 1. The molecule has 2 N–H and O–H groups in total. The van der Waals surface area contributed by atoms with Gasteiger partial charge in [0.05, 0.1) is 0 Å². The third kappa shape index (κ3) is 2.39. The Balaban J connectivity index is 1.78. The highest BCUT2D eigenvalue weighted by atomic mass is 16.2. The van der Waals surface area contributed by atoms with Crippen molar-refractivity contribution in [3.63, 3.8) is 0 Å². The number of hydrogen-bond donors (Lipinski definition) is 1. The Morgan fingerprint density at radius 1 is 1.37 bits per heavy atom. The average Bonchev–Trinajstić information content (AvgIpc) is 2.37. The van der Waals surface area contributed by atoms with E-state index in [2.05, 4.69) is 18.2 Å². The first kappa shape index (κ1) is 12.7. The van der Waals surface area contributed by atoms with Crippen LogP contribution in [-0.4, -0.2) is 13.0 Å². The van der Waals surface area contributed by atoms with E-state index in [0.29, 0.717) is 6.42 Å². The summed E-state index contributed by atoms with van der Waals surface area (Å²) in [5, 5.41) is 0. The molecule has 0 saturated heterocycles. The molecule has 19 heavy (non-hydrogen) atoms. The van der Waals surface area contributed by atoms with Gasteiger partial charge in [-0.15, -0.1) is 0 Å². The van der Waals surface area contributed by atoms with Gasteiger partial charge in [-0.2, -0.15) is 0 Å². The lowest BCUT2D eigenvalue weighted by atomic mass is 9.79. The minimum absolute atomic E-state index is 0.151. The second-order valence-electron chi connectivity index (χ2n) is 5.98. The van der Waals surface area contributed by atoms with Crippen molar-refractivity contribution in [2.45, 2.75) is 44.6 Å². The van der Waals surface area contributed by atoms with Gasteiger partial charge in [0.2, 0.25) is 5.91 Å². The van der Waals surface area contributed by atoms with E-state index in [4.69, 9.17) is 5.73 Å². The molecule has 1 fully saturated rings. The molecule has 1 unspecified atom stereocenters. The van der Waals surface area contributed by atoms with E-state index < -0.39 is 0 Å². The van der Waals surface area contributed by atoms with Gasteiger partial charge in [0, 0.05) is 25.2 Å². The summed E-state index contributed by atoms with van der Waals surface area (Å²) in [6, 6.07) is 6.51.